The molecule has 0 aromatic heterocycles. The van der Waals surface area contributed by atoms with Gasteiger partial charge in [0.2, 0.25) is 0 Å². The molecule has 16 heavy (non-hydrogen) atoms. The SMILES string of the molecule is CCCCC(N)CN(CC(F)(F)F)C(C)C. The zero-order valence-corrected chi connectivity index (χ0v) is 10.3. The van der Waals surface area contributed by atoms with Gasteiger partial charge in [0.05, 0.1) is 6.54 Å². The highest BCUT2D eigenvalue weighted by molar-refractivity contribution is 4.73. The maximum absolute atomic E-state index is 12.3. The number of halogens is 3. The van der Waals surface area contributed by atoms with Gasteiger partial charge in [0, 0.05) is 18.6 Å². The highest BCUT2D eigenvalue weighted by Crippen LogP contribution is 2.18. The van der Waals surface area contributed by atoms with Crippen LogP contribution >= 0.6 is 0 Å². The van der Waals surface area contributed by atoms with E-state index in [1.807, 2.05) is 6.92 Å². The molecule has 0 aromatic rings. The van der Waals surface area contributed by atoms with Crippen molar-refractivity contribution in [1.29, 1.82) is 0 Å². The molecule has 5 heteroatoms. The van der Waals surface area contributed by atoms with Gasteiger partial charge in [-0.1, -0.05) is 19.8 Å². The number of rotatable bonds is 7. The zero-order valence-electron chi connectivity index (χ0n) is 10.3. The predicted octanol–water partition coefficient (Wildman–Crippen LogP) is 2.78. The summed E-state index contributed by atoms with van der Waals surface area (Å²) in [7, 11) is 0. The maximum Gasteiger partial charge on any atom is 0.401 e. The quantitative estimate of drug-likeness (QED) is 0.741. The summed E-state index contributed by atoms with van der Waals surface area (Å²) in [6, 6.07) is -0.293. The monoisotopic (exact) mass is 240 g/mol. The molecule has 1 unspecified atom stereocenters. The first kappa shape index (κ1) is 15.7. The summed E-state index contributed by atoms with van der Waals surface area (Å²) in [5, 5.41) is 0. The van der Waals surface area contributed by atoms with E-state index in [0.717, 1.165) is 19.3 Å². The van der Waals surface area contributed by atoms with E-state index in [2.05, 4.69) is 0 Å². The highest BCUT2D eigenvalue weighted by atomic mass is 19.4. The van der Waals surface area contributed by atoms with Crippen LogP contribution in [0.25, 0.3) is 0 Å². The molecule has 2 N–H and O–H groups in total. The van der Waals surface area contributed by atoms with Crippen LogP contribution in [0, 0.1) is 0 Å². The molecule has 0 radical (unpaired) electrons. The maximum atomic E-state index is 12.3. The topological polar surface area (TPSA) is 29.3 Å². The van der Waals surface area contributed by atoms with Gasteiger partial charge in [0.1, 0.15) is 0 Å². The Hall–Kier alpha value is -0.290. The smallest absolute Gasteiger partial charge is 0.327 e. The van der Waals surface area contributed by atoms with Crippen molar-refractivity contribution in [3.8, 4) is 0 Å². The molecule has 0 saturated heterocycles. The molecule has 0 fully saturated rings. The zero-order chi connectivity index (χ0) is 12.8. The third-order valence-corrected chi connectivity index (χ3v) is 2.51. The van der Waals surface area contributed by atoms with Crippen molar-refractivity contribution in [2.24, 2.45) is 5.73 Å². The second-order valence-electron chi connectivity index (χ2n) is 4.54. The number of alkyl halides is 3. The van der Waals surface area contributed by atoms with E-state index in [1.165, 1.54) is 4.90 Å². The predicted molar refractivity (Wildman–Crippen MR) is 60.3 cm³/mol. The molecule has 0 bridgehead atoms. The largest absolute Gasteiger partial charge is 0.401 e. The fourth-order valence-electron chi connectivity index (χ4n) is 1.55. The van der Waals surface area contributed by atoms with E-state index in [9.17, 15) is 13.2 Å². The van der Waals surface area contributed by atoms with Crippen LogP contribution in [-0.2, 0) is 0 Å². The Bertz CT molecular complexity index is 181. The van der Waals surface area contributed by atoms with Crippen molar-refractivity contribution in [3.05, 3.63) is 0 Å². The van der Waals surface area contributed by atoms with E-state index in [-0.39, 0.29) is 12.1 Å². The molecule has 0 spiro atoms. The second-order valence-corrected chi connectivity index (χ2v) is 4.54. The van der Waals surface area contributed by atoms with E-state index in [0.29, 0.717) is 6.54 Å². The van der Waals surface area contributed by atoms with Crippen molar-refractivity contribution < 1.29 is 13.2 Å². The van der Waals surface area contributed by atoms with Crippen LogP contribution in [0.1, 0.15) is 40.0 Å². The summed E-state index contributed by atoms with van der Waals surface area (Å²) < 4.78 is 36.9. The van der Waals surface area contributed by atoms with Crippen molar-refractivity contribution in [1.82, 2.24) is 4.90 Å². The van der Waals surface area contributed by atoms with Crippen LogP contribution in [0.4, 0.5) is 13.2 Å². The summed E-state index contributed by atoms with van der Waals surface area (Å²) >= 11 is 0. The van der Waals surface area contributed by atoms with Gasteiger partial charge in [-0.3, -0.25) is 4.90 Å². The van der Waals surface area contributed by atoms with Crippen molar-refractivity contribution >= 4 is 0 Å². The molecule has 0 saturated carbocycles. The third kappa shape index (κ3) is 7.93. The van der Waals surface area contributed by atoms with Gasteiger partial charge in [-0.15, -0.1) is 0 Å². The summed E-state index contributed by atoms with van der Waals surface area (Å²) in [5.41, 5.74) is 5.81. The number of unbranched alkanes of at least 4 members (excludes halogenated alkanes) is 1. The first-order chi connectivity index (χ1) is 7.26. The first-order valence-corrected chi connectivity index (χ1v) is 5.82. The summed E-state index contributed by atoms with van der Waals surface area (Å²) in [5.74, 6) is 0. The number of nitrogens with zero attached hydrogens (tertiary/aromatic N) is 1. The minimum atomic E-state index is -4.14. The molecule has 0 aliphatic heterocycles. The molecule has 0 aromatic carbocycles. The van der Waals surface area contributed by atoms with Crippen LogP contribution in [0.5, 0.6) is 0 Å². The van der Waals surface area contributed by atoms with Crippen LogP contribution in [0.3, 0.4) is 0 Å². The highest BCUT2D eigenvalue weighted by Gasteiger charge is 2.32. The Balaban J connectivity index is 4.12. The minimum absolute atomic E-state index is 0.130. The lowest BCUT2D eigenvalue weighted by Gasteiger charge is -2.29. The van der Waals surface area contributed by atoms with Crippen molar-refractivity contribution in [2.45, 2.75) is 58.3 Å². The molecule has 0 heterocycles. The van der Waals surface area contributed by atoms with Gasteiger partial charge in [0.25, 0.3) is 0 Å². The second kappa shape index (κ2) is 7.12. The first-order valence-electron chi connectivity index (χ1n) is 5.82. The lowest BCUT2D eigenvalue weighted by atomic mass is 10.1. The molecule has 1 atom stereocenters. The Kier molecular flexibility index (Phi) is 6.99. The molecule has 2 nitrogen and oxygen atoms in total. The summed E-state index contributed by atoms with van der Waals surface area (Å²) in [6.07, 6.45) is -1.36. The minimum Gasteiger partial charge on any atom is -0.327 e. The molecule has 98 valence electrons. The third-order valence-electron chi connectivity index (χ3n) is 2.51. The molecular weight excluding hydrogens is 217 g/mol. The van der Waals surface area contributed by atoms with Gasteiger partial charge in [-0.2, -0.15) is 13.2 Å². The fraction of sp³-hybridized carbons (Fsp3) is 1.00. The van der Waals surface area contributed by atoms with Crippen LogP contribution in [0.2, 0.25) is 0 Å². The Labute approximate surface area is 96.0 Å². The summed E-state index contributed by atoms with van der Waals surface area (Å²) in [4.78, 5) is 1.39. The van der Waals surface area contributed by atoms with Crippen LogP contribution < -0.4 is 5.73 Å². The Morgan fingerprint density at radius 2 is 1.81 bits per heavy atom. The molecular formula is C11H23F3N2. The fourth-order valence-corrected chi connectivity index (χ4v) is 1.55. The van der Waals surface area contributed by atoms with Crippen LogP contribution in [-0.4, -0.2) is 36.2 Å². The normalized spacial score (nSPS) is 14.8. The molecule has 0 aliphatic rings. The van der Waals surface area contributed by atoms with E-state index in [1.54, 1.807) is 13.8 Å². The van der Waals surface area contributed by atoms with Gasteiger partial charge in [-0.05, 0) is 20.3 Å². The van der Waals surface area contributed by atoms with Crippen molar-refractivity contribution in [3.63, 3.8) is 0 Å². The van der Waals surface area contributed by atoms with Gasteiger partial charge >= 0.3 is 6.18 Å². The Morgan fingerprint density at radius 1 is 1.25 bits per heavy atom. The Morgan fingerprint density at radius 3 is 2.19 bits per heavy atom. The average Bonchev–Trinajstić information content (AvgIpc) is 2.11. The van der Waals surface area contributed by atoms with Gasteiger partial charge in [0.15, 0.2) is 0 Å². The van der Waals surface area contributed by atoms with Gasteiger partial charge in [-0.25, -0.2) is 0 Å². The van der Waals surface area contributed by atoms with E-state index < -0.39 is 12.7 Å². The summed E-state index contributed by atoms with van der Waals surface area (Å²) in [6.45, 7) is 5.01. The molecule has 0 rings (SSSR count). The van der Waals surface area contributed by atoms with E-state index >= 15 is 0 Å². The van der Waals surface area contributed by atoms with Crippen molar-refractivity contribution in [2.75, 3.05) is 13.1 Å². The lowest BCUT2D eigenvalue weighted by Crippen LogP contribution is -2.45. The molecule has 0 amide bonds. The number of hydrogen-bond acceptors (Lipinski definition) is 2. The standard InChI is InChI=1S/C11H23F3N2/c1-4-5-6-10(15)7-16(9(2)3)8-11(12,13)14/h9-10H,4-8,15H2,1-3H3. The van der Waals surface area contributed by atoms with Gasteiger partial charge < -0.3 is 5.73 Å². The molecule has 0 aliphatic carbocycles. The average molecular weight is 240 g/mol. The lowest BCUT2D eigenvalue weighted by molar-refractivity contribution is -0.150. The number of nitrogens with two attached hydrogens (primary N) is 1. The number of hydrogen-bond donors (Lipinski definition) is 1. The van der Waals surface area contributed by atoms with Crippen LogP contribution in [0.15, 0.2) is 0 Å². The van der Waals surface area contributed by atoms with E-state index in [4.69, 9.17) is 5.73 Å².